The van der Waals surface area contributed by atoms with E-state index in [1.165, 1.54) is 12.1 Å². The van der Waals surface area contributed by atoms with Crippen LogP contribution in [0.4, 0.5) is 10.5 Å². The highest BCUT2D eigenvalue weighted by Crippen LogP contribution is 2.29. The van der Waals surface area contributed by atoms with E-state index in [2.05, 4.69) is 5.32 Å². The van der Waals surface area contributed by atoms with Crippen LogP contribution in [0.1, 0.15) is 38.3 Å². The number of rotatable bonds is 14. The second kappa shape index (κ2) is 16.0. The fourth-order valence-electron chi connectivity index (χ4n) is 4.46. The van der Waals surface area contributed by atoms with Crippen molar-refractivity contribution in [3.8, 4) is 0 Å². The predicted molar refractivity (Wildman–Crippen MR) is 167 cm³/mol. The Bertz CT molecular complexity index is 1610. The highest BCUT2D eigenvalue weighted by Gasteiger charge is 2.41. The van der Waals surface area contributed by atoms with Crippen LogP contribution < -0.4 is 5.32 Å². The molecule has 0 aliphatic heterocycles. The average molecular weight is 656 g/mol. The number of amides is 1. The number of benzene rings is 3. The number of nitrogens with one attached hydrogen (secondary N) is 1. The van der Waals surface area contributed by atoms with Crippen LogP contribution in [0.2, 0.25) is 0 Å². The first-order chi connectivity index (χ1) is 21.7. The number of sulfonamides is 1. The predicted octanol–water partition coefficient (Wildman–Crippen LogP) is 4.40. The van der Waals surface area contributed by atoms with Crippen molar-refractivity contribution in [1.82, 2.24) is 9.62 Å². The third-order valence-corrected chi connectivity index (χ3v) is 8.53. The van der Waals surface area contributed by atoms with Gasteiger partial charge in [-0.25, -0.2) is 18.0 Å². The Kier molecular flexibility index (Phi) is 12.4. The Morgan fingerprint density at radius 2 is 1.46 bits per heavy atom. The molecule has 0 unspecified atom stereocenters. The third-order valence-electron chi connectivity index (χ3n) is 6.58. The largest absolute Gasteiger partial charge is 0.468 e. The number of esters is 2. The van der Waals surface area contributed by atoms with Crippen LogP contribution in [0.3, 0.4) is 0 Å². The molecule has 14 heteroatoms. The molecule has 0 saturated carbocycles. The molecule has 3 aromatic carbocycles. The Morgan fingerprint density at radius 1 is 0.891 bits per heavy atom. The van der Waals surface area contributed by atoms with Gasteiger partial charge in [0.05, 0.1) is 12.0 Å². The van der Waals surface area contributed by atoms with E-state index >= 15 is 0 Å². The van der Waals surface area contributed by atoms with Gasteiger partial charge in [-0.15, -0.1) is 0 Å². The number of nitro groups is 1. The monoisotopic (exact) mass is 655 g/mol. The van der Waals surface area contributed by atoms with Gasteiger partial charge >= 0.3 is 18.0 Å². The summed E-state index contributed by atoms with van der Waals surface area (Å²) in [5.41, 5.74) is -0.385. The molecule has 0 fully saturated rings. The van der Waals surface area contributed by atoms with Gasteiger partial charge in [-0.3, -0.25) is 14.9 Å². The van der Waals surface area contributed by atoms with Gasteiger partial charge < -0.3 is 19.5 Å². The van der Waals surface area contributed by atoms with E-state index in [0.717, 1.165) is 23.5 Å². The number of nitro benzene ring substituents is 1. The lowest BCUT2D eigenvalue weighted by Crippen LogP contribution is -2.50. The Balaban J connectivity index is 2.04. The number of carbonyl (C=O) groups is 3. The molecule has 0 aliphatic carbocycles. The number of nitrogens with zero attached hydrogens (tertiary/aromatic N) is 2. The molecule has 0 aromatic heterocycles. The molecule has 0 aliphatic rings. The van der Waals surface area contributed by atoms with Gasteiger partial charge in [-0.2, -0.15) is 4.31 Å². The minimum atomic E-state index is -4.79. The summed E-state index contributed by atoms with van der Waals surface area (Å²) in [6.07, 6.45) is -1.51. The molecule has 0 saturated heterocycles. The van der Waals surface area contributed by atoms with E-state index in [-0.39, 0.29) is 13.0 Å². The van der Waals surface area contributed by atoms with Gasteiger partial charge in [0, 0.05) is 12.6 Å². The summed E-state index contributed by atoms with van der Waals surface area (Å²) in [7, 11) is -3.70. The molecule has 46 heavy (non-hydrogen) atoms. The molecule has 13 nitrogen and oxygen atoms in total. The van der Waals surface area contributed by atoms with Crippen molar-refractivity contribution in [2.75, 3.05) is 13.7 Å². The van der Waals surface area contributed by atoms with Gasteiger partial charge in [0.1, 0.15) is 24.3 Å². The molecule has 0 heterocycles. The number of carbonyl (C=O) groups excluding carboxylic acids is 3. The summed E-state index contributed by atoms with van der Waals surface area (Å²) >= 11 is 0. The standard InChI is InChI=1S/C32H37N3O10S/c1-32(2,3)45-31(38)33-25(29(36)44-22-24-15-9-6-10-16-24)19-20-34(27(30(37)43-4)21-23-13-7-5-8-14-23)46(41,42)28-18-12-11-17-26(28)35(39)40/h5-18,25,27H,19-22H2,1-4H3,(H,33,38)/t25-,27-/m0/s1. The van der Waals surface area contributed by atoms with E-state index in [0.29, 0.717) is 11.1 Å². The fraction of sp³-hybridized carbons (Fsp3) is 0.344. The second-order valence-electron chi connectivity index (χ2n) is 11.2. The number of methoxy groups -OCH3 is 1. The highest BCUT2D eigenvalue weighted by atomic mass is 32.2. The summed E-state index contributed by atoms with van der Waals surface area (Å²) in [4.78, 5) is 49.5. The normalized spacial score (nSPS) is 12.9. The maximum Gasteiger partial charge on any atom is 0.408 e. The maximum absolute atomic E-state index is 14.2. The Hall–Kier alpha value is -4.82. The van der Waals surface area contributed by atoms with Crippen LogP contribution in [-0.4, -0.2) is 67.0 Å². The van der Waals surface area contributed by atoms with E-state index in [1.807, 2.05) is 0 Å². The molecule has 3 rings (SSSR count). The zero-order chi connectivity index (χ0) is 33.9. The molecule has 3 aromatic rings. The number of para-hydroxylation sites is 1. The number of hydrogen-bond acceptors (Lipinski definition) is 10. The molecule has 2 atom stereocenters. The molecule has 0 spiro atoms. The summed E-state index contributed by atoms with van der Waals surface area (Å²) < 4.78 is 44.9. The molecule has 246 valence electrons. The van der Waals surface area contributed by atoms with Crippen LogP contribution in [0.5, 0.6) is 0 Å². The van der Waals surface area contributed by atoms with Crippen LogP contribution in [-0.2, 0) is 46.9 Å². The smallest absolute Gasteiger partial charge is 0.408 e. The topological polar surface area (TPSA) is 171 Å². The minimum Gasteiger partial charge on any atom is -0.468 e. The first kappa shape index (κ1) is 35.7. The van der Waals surface area contributed by atoms with Crippen LogP contribution in [0.25, 0.3) is 0 Å². The van der Waals surface area contributed by atoms with Crippen LogP contribution in [0, 0.1) is 10.1 Å². The summed E-state index contributed by atoms with van der Waals surface area (Å²) in [5.74, 6) is -1.83. The SMILES string of the molecule is COC(=O)[C@H](Cc1ccccc1)N(CC[C@H](NC(=O)OC(C)(C)C)C(=O)OCc1ccccc1)S(=O)(=O)c1ccccc1[N+](=O)[O-]. The lowest BCUT2D eigenvalue weighted by atomic mass is 10.1. The molecule has 1 N–H and O–H groups in total. The first-order valence-electron chi connectivity index (χ1n) is 14.3. The van der Waals surface area contributed by atoms with Crippen molar-refractivity contribution >= 4 is 33.7 Å². The first-order valence-corrected chi connectivity index (χ1v) is 15.7. The molecule has 0 bridgehead atoms. The van der Waals surface area contributed by atoms with Gasteiger partial charge in [0.25, 0.3) is 15.7 Å². The van der Waals surface area contributed by atoms with E-state index in [1.54, 1.807) is 81.4 Å². The Morgan fingerprint density at radius 3 is 2.02 bits per heavy atom. The quantitative estimate of drug-likeness (QED) is 0.114. The summed E-state index contributed by atoms with van der Waals surface area (Å²) in [5, 5.41) is 14.3. The van der Waals surface area contributed by atoms with E-state index in [4.69, 9.17) is 14.2 Å². The molecular weight excluding hydrogens is 618 g/mol. The van der Waals surface area contributed by atoms with Crippen LogP contribution >= 0.6 is 0 Å². The summed E-state index contributed by atoms with van der Waals surface area (Å²) in [6, 6.07) is 19.1. The van der Waals surface area contributed by atoms with Crippen molar-refractivity contribution in [3.63, 3.8) is 0 Å². The van der Waals surface area contributed by atoms with Crippen molar-refractivity contribution in [3.05, 3.63) is 106 Å². The second-order valence-corrected chi connectivity index (χ2v) is 13.0. The van der Waals surface area contributed by atoms with Crippen molar-refractivity contribution in [1.29, 1.82) is 0 Å². The lowest BCUT2D eigenvalue weighted by molar-refractivity contribution is -0.387. The van der Waals surface area contributed by atoms with Crippen molar-refractivity contribution < 1.29 is 41.9 Å². The fourth-order valence-corrected chi connectivity index (χ4v) is 6.21. The van der Waals surface area contributed by atoms with Crippen molar-refractivity contribution in [2.45, 2.75) is 62.8 Å². The number of ether oxygens (including phenoxy) is 3. The minimum absolute atomic E-state index is 0.136. The zero-order valence-electron chi connectivity index (χ0n) is 26.0. The summed E-state index contributed by atoms with van der Waals surface area (Å²) in [6.45, 7) is 4.19. The lowest BCUT2D eigenvalue weighted by Gasteiger charge is -2.30. The van der Waals surface area contributed by atoms with Gasteiger partial charge in [-0.05, 0) is 50.8 Å². The Labute approximate surface area is 267 Å². The zero-order valence-corrected chi connectivity index (χ0v) is 26.8. The van der Waals surface area contributed by atoms with Crippen molar-refractivity contribution in [2.24, 2.45) is 0 Å². The molecule has 1 amide bonds. The van der Waals surface area contributed by atoms with Gasteiger partial charge in [0.15, 0.2) is 4.90 Å². The maximum atomic E-state index is 14.2. The molecular formula is C32H37N3O10S. The molecule has 0 radical (unpaired) electrons. The van der Waals surface area contributed by atoms with E-state index < -0.39 is 74.2 Å². The van der Waals surface area contributed by atoms with Gasteiger partial charge in [-0.1, -0.05) is 72.8 Å². The van der Waals surface area contributed by atoms with Crippen LogP contribution in [0.15, 0.2) is 89.8 Å². The number of hydrogen-bond donors (Lipinski definition) is 1. The van der Waals surface area contributed by atoms with Gasteiger partial charge in [0.2, 0.25) is 0 Å². The van der Waals surface area contributed by atoms with E-state index in [9.17, 15) is 32.9 Å². The number of alkyl carbamates (subject to hydrolysis) is 1. The third kappa shape index (κ3) is 10.1. The highest BCUT2D eigenvalue weighted by molar-refractivity contribution is 7.89. The average Bonchev–Trinajstić information content (AvgIpc) is 3.02.